The van der Waals surface area contributed by atoms with Gasteiger partial charge in [0.1, 0.15) is 5.56 Å². The number of nitrogens with zero attached hydrogens (tertiary/aromatic N) is 1. The molecule has 0 aliphatic heterocycles. The van der Waals surface area contributed by atoms with Gasteiger partial charge in [-0.05, 0) is 29.8 Å². The van der Waals surface area contributed by atoms with Crippen LogP contribution >= 0.6 is 0 Å². The number of alkyl halides is 3. The van der Waals surface area contributed by atoms with E-state index < -0.39 is 28.3 Å². The van der Waals surface area contributed by atoms with E-state index in [1.165, 1.54) is 18.2 Å². The molecule has 0 aliphatic carbocycles. The molecule has 0 atom stereocenters. The highest BCUT2D eigenvalue weighted by Gasteiger charge is 2.30. The molecule has 2 rings (SSSR count). The average molecular weight is 310 g/mol. The summed E-state index contributed by atoms with van der Waals surface area (Å²) in [4.78, 5) is 21.6. The highest BCUT2D eigenvalue weighted by Crippen LogP contribution is 2.35. The number of rotatable bonds is 3. The van der Waals surface area contributed by atoms with Crippen LogP contribution in [0.15, 0.2) is 42.5 Å². The summed E-state index contributed by atoms with van der Waals surface area (Å²) in [5.74, 6) is -0.986. The molecule has 2 aromatic rings. The number of hydrogen-bond acceptors (Lipinski definition) is 3. The van der Waals surface area contributed by atoms with Crippen LogP contribution in [0.5, 0.6) is 0 Å². The second-order valence-electron chi connectivity index (χ2n) is 4.40. The first-order valence-corrected chi connectivity index (χ1v) is 5.96. The van der Waals surface area contributed by atoms with Crippen molar-refractivity contribution >= 4 is 11.6 Å². The molecule has 2 N–H and O–H groups in total. The van der Waals surface area contributed by atoms with Crippen LogP contribution in [0.2, 0.25) is 0 Å². The monoisotopic (exact) mass is 310 g/mol. The molecular weight excluding hydrogens is 301 g/mol. The van der Waals surface area contributed by atoms with Crippen LogP contribution in [0.3, 0.4) is 0 Å². The van der Waals surface area contributed by atoms with Crippen LogP contribution in [0, 0.1) is 10.1 Å². The van der Waals surface area contributed by atoms with Gasteiger partial charge in [0, 0.05) is 0 Å². The maximum absolute atomic E-state index is 12.5. The third-order valence-corrected chi connectivity index (χ3v) is 3.01. The summed E-state index contributed by atoms with van der Waals surface area (Å²) in [6, 6.07) is 7.75. The predicted molar refractivity (Wildman–Crippen MR) is 72.1 cm³/mol. The lowest BCUT2D eigenvalue weighted by Gasteiger charge is -2.09. The number of amides is 1. The van der Waals surface area contributed by atoms with E-state index in [0.29, 0.717) is 0 Å². The normalized spacial score (nSPS) is 11.2. The minimum atomic E-state index is -4.50. The van der Waals surface area contributed by atoms with Gasteiger partial charge in [0.2, 0.25) is 0 Å². The van der Waals surface area contributed by atoms with Gasteiger partial charge in [-0.15, -0.1) is 0 Å². The van der Waals surface area contributed by atoms with E-state index in [9.17, 15) is 28.1 Å². The topological polar surface area (TPSA) is 86.2 Å². The second-order valence-corrected chi connectivity index (χ2v) is 4.40. The minimum Gasteiger partial charge on any atom is -0.365 e. The molecule has 8 heteroatoms. The Balaban J connectivity index is 2.60. The van der Waals surface area contributed by atoms with Gasteiger partial charge in [0.05, 0.1) is 16.1 Å². The number of para-hydroxylation sites is 1. The Kier molecular flexibility index (Phi) is 3.85. The first-order valence-electron chi connectivity index (χ1n) is 5.96. The van der Waals surface area contributed by atoms with Crippen molar-refractivity contribution in [3.63, 3.8) is 0 Å². The van der Waals surface area contributed by atoms with Gasteiger partial charge in [-0.2, -0.15) is 13.2 Å². The van der Waals surface area contributed by atoms with Crippen LogP contribution in [0.4, 0.5) is 18.9 Å². The quantitative estimate of drug-likeness (QED) is 0.696. The molecule has 0 spiro atoms. The van der Waals surface area contributed by atoms with Crippen LogP contribution in [0.25, 0.3) is 11.1 Å². The highest BCUT2D eigenvalue weighted by molar-refractivity contribution is 6.00. The summed E-state index contributed by atoms with van der Waals surface area (Å²) in [5.41, 5.74) is 3.59. The number of nitro groups is 1. The Bertz CT molecular complexity index is 740. The van der Waals surface area contributed by atoms with Gasteiger partial charge in [0.15, 0.2) is 0 Å². The number of carbonyl (C=O) groups is 1. The summed E-state index contributed by atoms with van der Waals surface area (Å²) >= 11 is 0. The molecule has 114 valence electrons. The molecule has 0 saturated heterocycles. The van der Waals surface area contributed by atoms with Crippen LogP contribution in [-0.4, -0.2) is 10.8 Å². The van der Waals surface area contributed by atoms with E-state index in [1.54, 1.807) is 0 Å². The van der Waals surface area contributed by atoms with E-state index >= 15 is 0 Å². The number of hydrogen-bond donors (Lipinski definition) is 1. The van der Waals surface area contributed by atoms with Gasteiger partial charge in [-0.1, -0.05) is 18.2 Å². The Morgan fingerprint density at radius 2 is 1.68 bits per heavy atom. The van der Waals surface area contributed by atoms with Crippen molar-refractivity contribution in [3.05, 3.63) is 63.7 Å². The molecule has 0 unspecified atom stereocenters. The number of nitro benzene ring substituents is 1. The average Bonchev–Trinajstić information content (AvgIpc) is 2.45. The fraction of sp³-hybridized carbons (Fsp3) is 0.0714. The molecule has 0 aromatic heterocycles. The van der Waals surface area contributed by atoms with Crippen molar-refractivity contribution in [2.24, 2.45) is 5.73 Å². The SMILES string of the molecule is NC(=O)c1cccc(-c2ccc(C(F)(F)F)cc2)c1[N+](=O)[O-]. The molecule has 0 aliphatic rings. The lowest BCUT2D eigenvalue weighted by atomic mass is 9.99. The summed E-state index contributed by atoms with van der Waals surface area (Å²) in [6.07, 6.45) is -4.50. The molecular formula is C14H9F3N2O3. The first-order chi connectivity index (χ1) is 10.2. The van der Waals surface area contributed by atoms with Crippen molar-refractivity contribution in [2.45, 2.75) is 6.18 Å². The van der Waals surface area contributed by atoms with E-state index in [1.807, 2.05) is 0 Å². The Morgan fingerprint density at radius 1 is 1.09 bits per heavy atom. The molecule has 0 saturated carbocycles. The van der Waals surface area contributed by atoms with Crippen molar-refractivity contribution in [1.29, 1.82) is 0 Å². The van der Waals surface area contributed by atoms with Crippen molar-refractivity contribution in [3.8, 4) is 11.1 Å². The van der Waals surface area contributed by atoms with E-state index in [0.717, 1.165) is 24.3 Å². The zero-order valence-corrected chi connectivity index (χ0v) is 10.9. The van der Waals surface area contributed by atoms with Crippen LogP contribution in [0.1, 0.15) is 15.9 Å². The molecule has 1 amide bonds. The van der Waals surface area contributed by atoms with Crippen LogP contribution in [-0.2, 0) is 6.18 Å². The Labute approximate surface area is 122 Å². The third-order valence-electron chi connectivity index (χ3n) is 3.01. The van der Waals surface area contributed by atoms with E-state index in [-0.39, 0.29) is 16.7 Å². The van der Waals surface area contributed by atoms with Crippen LogP contribution < -0.4 is 5.73 Å². The maximum atomic E-state index is 12.5. The molecule has 0 fully saturated rings. The zero-order valence-electron chi connectivity index (χ0n) is 10.9. The van der Waals surface area contributed by atoms with Gasteiger partial charge < -0.3 is 5.73 Å². The highest BCUT2D eigenvalue weighted by atomic mass is 19.4. The summed E-state index contributed by atoms with van der Waals surface area (Å²) in [5, 5.41) is 11.2. The van der Waals surface area contributed by atoms with E-state index in [2.05, 4.69) is 0 Å². The molecule has 0 radical (unpaired) electrons. The lowest BCUT2D eigenvalue weighted by Crippen LogP contribution is -2.13. The summed E-state index contributed by atoms with van der Waals surface area (Å²) < 4.78 is 37.6. The summed E-state index contributed by atoms with van der Waals surface area (Å²) in [7, 11) is 0. The van der Waals surface area contributed by atoms with Crippen molar-refractivity contribution < 1.29 is 22.9 Å². The minimum absolute atomic E-state index is 0.0232. The fourth-order valence-electron chi connectivity index (χ4n) is 2.01. The molecule has 0 bridgehead atoms. The maximum Gasteiger partial charge on any atom is 0.416 e. The molecule has 0 heterocycles. The number of benzene rings is 2. The smallest absolute Gasteiger partial charge is 0.365 e. The fourth-order valence-corrected chi connectivity index (χ4v) is 2.01. The number of carbonyl (C=O) groups excluding carboxylic acids is 1. The molecule has 2 aromatic carbocycles. The Hall–Kier alpha value is -2.90. The van der Waals surface area contributed by atoms with Gasteiger partial charge in [-0.3, -0.25) is 14.9 Å². The largest absolute Gasteiger partial charge is 0.416 e. The zero-order chi connectivity index (χ0) is 16.5. The second kappa shape index (κ2) is 5.47. The van der Waals surface area contributed by atoms with E-state index in [4.69, 9.17) is 5.73 Å². The standard InChI is InChI=1S/C14H9F3N2O3/c15-14(16,17)9-6-4-8(5-7-9)10-2-1-3-11(13(18)20)12(10)19(21)22/h1-7H,(H2,18,20). The van der Waals surface area contributed by atoms with Gasteiger partial charge in [0.25, 0.3) is 11.6 Å². The van der Waals surface area contributed by atoms with Crippen molar-refractivity contribution in [2.75, 3.05) is 0 Å². The molecule has 5 nitrogen and oxygen atoms in total. The van der Waals surface area contributed by atoms with Gasteiger partial charge >= 0.3 is 6.18 Å². The number of nitrogens with two attached hydrogens (primary N) is 1. The number of primary amides is 1. The number of halogens is 3. The third kappa shape index (κ3) is 2.90. The Morgan fingerprint density at radius 3 is 2.14 bits per heavy atom. The predicted octanol–water partition coefficient (Wildman–Crippen LogP) is 3.38. The summed E-state index contributed by atoms with van der Waals surface area (Å²) in [6.45, 7) is 0. The molecule has 22 heavy (non-hydrogen) atoms. The van der Waals surface area contributed by atoms with Crippen molar-refractivity contribution in [1.82, 2.24) is 0 Å². The lowest BCUT2D eigenvalue weighted by molar-refractivity contribution is -0.384. The first kappa shape index (κ1) is 15.5. The van der Waals surface area contributed by atoms with Gasteiger partial charge in [-0.25, -0.2) is 0 Å².